The monoisotopic (exact) mass is 386 g/mol. The van der Waals surface area contributed by atoms with Crippen LogP contribution >= 0.6 is 10.6 Å². The molecule has 3 heteroatoms. The van der Waals surface area contributed by atoms with Gasteiger partial charge in [-0.3, -0.25) is 8.37 Å². The molecule has 0 aromatic heterocycles. The predicted octanol–water partition coefficient (Wildman–Crippen LogP) is 8.11. The molecule has 27 heavy (non-hydrogen) atoms. The van der Waals surface area contributed by atoms with Gasteiger partial charge in [0, 0.05) is 16.7 Å². The molecular weight excluding hydrogens is 352 g/mol. The van der Waals surface area contributed by atoms with E-state index in [9.17, 15) is 0 Å². The maximum absolute atomic E-state index is 6.33. The van der Waals surface area contributed by atoms with Crippen molar-refractivity contribution < 1.29 is 8.37 Å². The van der Waals surface area contributed by atoms with Gasteiger partial charge in [-0.1, -0.05) is 78.0 Å². The van der Waals surface area contributed by atoms with Gasteiger partial charge in [0.05, 0.1) is 23.5 Å². The maximum Gasteiger partial charge on any atom is 0.0998 e. The fourth-order valence-corrected chi connectivity index (χ4v) is 6.54. The average molecular weight is 387 g/mol. The number of hydrogen-bond acceptors (Lipinski definition) is 2. The summed E-state index contributed by atoms with van der Waals surface area (Å²) >= 11 is 0. The molecule has 0 saturated heterocycles. The Kier molecular flexibility index (Phi) is 6.96. The Balaban J connectivity index is 0.000000614. The molecule has 0 radical (unpaired) electrons. The zero-order chi connectivity index (χ0) is 20.4. The summed E-state index contributed by atoms with van der Waals surface area (Å²) in [4.78, 5) is 2.48. The van der Waals surface area contributed by atoms with E-state index in [2.05, 4.69) is 57.7 Å². The third-order valence-corrected chi connectivity index (χ3v) is 7.68. The molecule has 0 aliphatic carbocycles. The van der Waals surface area contributed by atoms with E-state index >= 15 is 0 Å². The van der Waals surface area contributed by atoms with E-state index in [1.54, 1.807) is 7.11 Å². The molecule has 2 aromatic rings. The van der Waals surface area contributed by atoms with E-state index in [-0.39, 0.29) is 0 Å². The molecule has 4 rings (SSSR count). The molecule has 0 bridgehead atoms. The van der Waals surface area contributed by atoms with E-state index < -0.39 is 10.6 Å². The van der Waals surface area contributed by atoms with Crippen molar-refractivity contribution in [3.05, 3.63) is 53.6 Å². The Morgan fingerprint density at radius 1 is 1.07 bits per heavy atom. The van der Waals surface area contributed by atoms with Gasteiger partial charge >= 0.3 is 0 Å². The van der Waals surface area contributed by atoms with Gasteiger partial charge in [0.1, 0.15) is 0 Å². The van der Waals surface area contributed by atoms with Gasteiger partial charge in [-0.25, -0.2) is 0 Å². The minimum Gasteiger partial charge on any atom is -0.278 e. The van der Waals surface area contributed by atoms with Crippen LogP contribution in [0.2, 0.25) is 0 Å². The van der Waals surface area contributed by atoms with Crippen LogP contribution in [0.1, 0.15) is 71.1 Å². The smallest absolute Gasteiger partial charge is 0.0998 e. The Morgan fingerprint density at radius 2 is 1.70 bits per heavy atom. The van der Waals surface area contributed by atoms with E-state index in [1.165, 1.54) is 37.6 Å². The van der Waals surface area contributed by atoms with E-state index in [0.717, 1.165) is 5.57 Å². The number of benzene rings is 2. The Labute approximate surface area is 167 Å². The molecular formula is C24H34O2S. The number of hydrogen-bond donors (Lipinski definition) is 0. The topological polar surface area (TPSA) is 18.5 Å². The van der Waals surface area contributed by atoms with Crippen LogP contribution in [0.4, 0.5) is 0 Å². The quantitative estimate of drug-likeness (QED) is 0.530. The van der Waals surface area contributed by atoms with Crippen LogP contribution in [0.15, 0.2) is 46.7 Å². The summed E-state index contributed by atoms with van der Waals surface area (Å²) in [6, 6.07) is 11.1. The lowest BCUT2D eigenvalue weighted by atomic mass is 9.95. The normalized spacial score (nSPS) is 20.5. The second-order valence-electron chi connectivity index (χ2n) is 6.59. The largest absolute Gasteiger partial charge is 0.278 e. The summed E-state index contributed by atoms with van der Waals surface area (Å²) in [5.41, 5.74) is 7.40. The van der Waals surface area contributed by atoms with Crippen LogP contribution in [0.5, 0.6) is 0 Å². The second-order valence-corrected chi connectivity index (χ2v) is 9.02. The predicted molar refractivity (Wildman–Crippen MR) is 119 cm³/mol. The molecule has 1 unspecified atom stereocenters. The highest BCUT2D eigenvalue weighted by Gasteiger charge is 2.44. The molecule has 0 fully saturated rings. The summed E-state index contributed by atoms with van der Waals surface area (Å²) in [6.07, 6.45) is 0. The SMILES string of the molecule is C=C(C)c1ccc2c3c1COS3(OC)c1cc(C(C)C)ccc1-2.CC.CC. The minimum atomic E-state index is -1.82. The van der Waals surface area contributed by atoms with E-state index in [4.69, 9.17) is 8.37 Å². The zero-order valence-corrected chi connectivity index (χ0v) is 18.9. The first-order valence-electron chi connectivity index (χ1n) is 9.99. The zero-order valence-electron chi connectivity index (χ0n) is 18.1. The molecule has 2 aliphatic rings. The highest BCUT2D eigenvalue weighted by molar-refractivity contribution is 8.26. The van der Waals surface area contributed by atoms with Crippen LogP contribution in [0, 0.1) is 0 Å². The average Bonchev–Trinajstić information content (AvgIpc) is 3.23. The van der Waals surface area contributed by atoms with Gasteiger partial charge in [-0.2, -0.15) is 0 Å². The van der Waals surface area contributed by atoms with Crippen LogP contribution in [-0.4, -0.2) is 7.11 Å². The van der Waals surface area contributed by atoms with Crippen molar-refractivity contribution >= 4 is 16.2 Å². The van der Waals surface area contributed by atoms with Gasteiger partial charge in [0.2, 0.25) is 0 Å². The molecule has 148 valence electrons. The molecule has 0 saturated carbocycles. The van der Waals surface area contributed by atoms with Crippen LogP contribution in [-0.2, 0) is 15.0 Å². The lowest BCUT2D eigenvalue weighted by Crippen LogP contribution is -2.00. The molecule has 2 aromatic carbocycles. The van der Waals surface area contributed by atoms with Gasteiger partial charge in [-0.05, 0) is 30.0 Å². The molecule has 2 heterocycles. The number of allylic oxidation sites excluding steroid dienone is 1. The number of rotatable bonds is 3. The van der Waals surface area contributed by atoms with Gasteiger partial charge < -0.3 is 0 Å². The van der Waals surface area contributed by atoms with Crippen molar-refractivity contribution in [3.63, 3.8) is 0 Å². The van der Waals surface area contributed by atoms with Crippen LogP contribution < -0.4 is 0 Å². The lowest BCUT2D eigenvalue weighted by Gasteiger charge is -2.35. The first kappa shape index (κ1) is 21.7. The molecule has 1 atom stereocenters. The van der Waals surface area contributed by atoms with Crippen molar-refractivity contribution in [2.24, 2.45) is 0 Å². The summed E-state index contributed by atoms with van der Waals surface area (Å²) in [5.74, 6) is 0.490. The summed E-state index contributed by atoms with van der Waals surface area (Å²) in [5, 5.41) is 0. The fourth-order valence-electron chi connectivity index (χ4n) is 3.63. The summed E-state index contributed by atoms with van der Waals surface area (Å²) in [7, 11) is -0.0396. The van der Waals surface area contributed by atoms with E-state index in [1.807, 2.05) is 27.7 Å². The second kappa shape index (κ2) is 8.64. The number of fused-ring (bicyclic) bond motifs is 3. The van der Waals surface area contributed by atoms with Crippen molar-refractivity contribution in [1.82, 2.24) is 0 Å². The Bertz CT molecular complexity index is 839. The molecule has 0 amide bonds. The highest BCUT2D eigenvalue weighted by atomic mass is 32.3. The summed E-state index contributed by atoms with van der Waals surface area (Å²) < 4.78 is 12.4. The van der Waals surface area contributed by atoms with Crippen LogP contribution in [0.3, 0.4) is 0 Å². The highest BCUT2D eigenvalue weighted by Crippen LogP contribution is 2.77. The standard InChI is InChI=1S/C20H22O2S.2C2H6/c1-12(2)14-6-7-16-17-9-8-15(13(3)4)18-11-22-23(21-5,20(17)18)19(16)10-14;2*1-2/h6-10,12H,3,11H2,1-2,4-5H3;2*1-2H3. The van der Waals surface area contributed by atoms with Gasteiger partial charge in [-0.15, -0.1) is 10.6 Å². The molecule has 2 aliphatic heterocycles. The minimum absolute atomic E-state index is 0.490. The Hall–Kier alpha value is -1.55. The van der Waals surface area contributed by atoms with Gasteiger partial charge in [0.15, 0.2) is 0 Å². The third-order valence-electron chi connectivity index (χ3n) is 4.84. The summed E-state index contributed by atoms with van der Waals surface area (Å²) in [6.45, 7) is 19.2. The van der Waals surface area contributed by atoms with Gasteiger partial charge in [0.25, 0.3) is 0 Å². The van der Waals surface area contributed by atoms with Crippen molar-refractivity contribution in [2.45, 2.75) is 70.8 Å². The van der Waals surface area contributed by atoms with Crippen molar-refractivity contribution in [2.75, 3.05) is 7.11 Å². The lowest BCUT2D eigenvalue weighted by molar-refractivity contribution is 0.299. The molecule has 0 spiro atoms. The third kappa shape index (κ3) is 3.26. The first-order chi connectivity index (χ1) is 13.0. The van der Waals surface area contributed by atoms with Crippen molar-refractivity contribution in [1.29, 1.82) is 0 Å². The molecule has 0 N–H and O–H groups in total. The Morgan fingerprint density at radius 3 is 2.26 bits per heavy atom. The fraction of sp³-hybridized carbons (Fsp3) is 0.417. The molecule has 2 nitrogen and oxygen atoms in total. The first-order valence-corrected chi connectivity index (χ1v) is 11.5. The van der Waals surface area contributed by atoms with E-state index in [0.29, 0.717) is 12.5 Å². The van der Waals surface area contributed by atoms with Crippen molar-refractivity contribution in [3.8, 4) is 11.1 Å². The van der Waals surface area contributed by atoms with Crippen LogP contribution in [0.25, 0.3) is 16.7 Å². The maximum atomic E-state index is 6.33.